The number of halogens is 1. The molecule has 0 fully saturated rings. The van der Waals surface area contributed by atoms with Crippen LogP contribution < -0.4 is 10.6 Å². The van der Waals surface area contributed by atoms with Crippen molar-refractivity contribution >= 4 is 11.7 Å². The molecule has 2 aromatic carbocycles. The van der Waals surface area contributed by atoms with E-state index in [1.165, 1.54) is 17.7 Å². The molecule has 0 radical (unpaired) electrons. The largest absolute Gasteiger partial charge is 0.365 e. The molecule has 6 heteroatoms. The molecule has 3 aromatic rings. The minimum atomic E-state index is -0.283. The molecule has 1 aromatic heterocycles. The summed E-state index contributed by atoms with van der Waals surface area (Å²) in [5.74, 6) is 0.0577. The van der Waals surface area contributed by atoms with Crippen molar-refractivity contribution in [3.8, 4) is 0 Å². The highest BCUT2D eigenvalue weighted by Gasteiger charge is 2.08. The second-order valence-corrected chi connectivity index (χ2v) is 6.28. The molecule has 2 N–H and O–H groups in total. The van der Waals surface area contributed by atoms with E-state index in [0.717, 1.165) is 11.1 Å². The van der Waals surface area contributed by atoms with Crippen molar-refractivity contribution in [2.45, 2.75) is 19.9 Å². The predicted molar refractivity (Wildman–Crippen MR) is 103 cm³/mol. The van der Waals surface area contributed by atoms with Crippen molar-refractivity contribution in [2.24, 2.45) is 0 Å². The summed E-state index contributed by atoms with van der Waals surface area (Å²) in [6.45, 7) is 3.13. The van der Waals surface area contributed by atoms with Gasteiger partial charge in [0, 0.05) is 13.1 Å². The number of amides is 1. The van der Waals surface area contributed by atoms with Crippen LogP contribution in [-0.2, 0) is 13.0 Å². The molecule has 0 atom stereocenters. The van der Waals surface area contributed by atoms with Gasteiger partial charge in [-0.15, -0.1) is 10.2 Å². The zero-order valence-corrected chi connectivity index (χ0v) is 15.1. The maximum absolute atomic E-state index is 12.9. The molecule has 0 aliphatic heterocycles. The van der Waals surface area contributed by atoms with Crippen molar-refractivity contribution < 1.29 is 9.18 Å². The zero-order valence-electron chi connectivity index (χ0n) is 15.1. The van der Waals surface area contributed by atoms with Crippen LogP contribution >= 0.6 is 0 Å². The predicted octanol–water partition coefficient (Wildman–Crippen LogP) is 3.51. The molecule has 138 valence electrons. The molecule has 0 saturated carbocycles. The average molecular weight is 364 g/mol. The van der Waals surface area contributed by atoms with Crippen LogP contribution in [0.15, 0.2) is 60.7 Å². The summed E-state index contributed by atoms with van der Waals surface area (Å²) in [5.41, 5.74) is 3.58. The first-order valence-corrected chi connectivity index (χ1v) is 8.76. The number of aryl methyl sites for hydroxylation is 1. The maximum atomic E-state index is 12.9. The van der Waals surface area contributed by atoms with E-state index < -0.39 is 0 Å². The average Bonchev–Trinajstić information content (AvgIpc) is 2.69. The monoisotopic (exact) mass is 364 g/mol. The number of anilines is 1. The Bertz CT molecular complexity index is 878. The van der Waals surface area contributed by atoms with E-state index in [9.17, 15) is 9.18 Å². The van der Waals surface area contributed by atoms with E-state index in [2.05, 4.69) is 45.1 Å². The fourth-order valence-corrected chi connectivity index (χ4v) is 2.51. The molecule has 0 saturated heterocycles. The molecule has 0 bridgehead atoms. The quantitative estimate of drug-likeness (QED) is 0.673. The molecule has 27 heavy (non-hydrogen) atoms. The smallest absolute Gasteiger partial charge is 0.271 e. The molecule has 3 rings (SSSR count). The number of nitrogens with one attached hydrogen (secondary N) is 2. The molecule has 0 aliphatic rings. The highest BCUT2D eigenvalue weighted by molar-refractivity contribution is 5.92. The Morgan fingerprint density at radius 3 is 2.30 bits per heavy atom. The van der Waals surface area contributed by atoms with E-state index in [0.29, 0.717) is 25.3 Å². The minimum Gasteiger partial charge on any atom is -0.365 e. The second-order valence-electron chi connectivity index (χ2n) is 6.28. The first-order valence-electron chi connectivity index (χ1n) is 8.76. The van der Waals surface area contributed by atoms with Gasteiger partial charge in [0.05, 0.1) is 0 Å². The number of benzene rings is 2. The number of hydrogen-bond acceptors (Lipinski definition) is 4. The Hall–Kier alpha value is -3.28. The van der Waals surface area contributed by atoms with Gasteiger partial charge in [-0.1, -0.05) is 42.0 Å². The zero-order chi connectivity index (χ0) is 19.1. The van der Waals surface area contributed by atoms with E-state index in [1.807, 2.05) is 6.92 Å². The summed E-state index contributed by atoms with van der Waals surface area (Å²) in [6, 6.07) is 17.8. The molecule has 0 aliphatic carbocycles. The topological polar surface area (TPSA) is 66.9 Å². The van der Waals surface area contributed by atoms with Crippen molar-refractivity contribution in [3.63, 3.8) is 0 Å². The minimum absolute atomic E-state index is 0.259. The van der Waals surface area contributed by atoms with Crippen LogP contribution in [-0.4, -0.2) is 22.6 Å². The number of aromatic nitrogens is 2. The first kappa shape index (κ1) is 18.5. The van der Waals surface area contributed by atoms with E-state index in [-0.39, 0.29) is 17.4 Å². The van der Waals surface area contributed by atoms with Crippen LogP contribution in [0.1, 0.15) is 27.2 Å². The number of carbonyl (C=O) groups is 1. The Morgan fingerprint density at radius 2 is 1.63 bits per heavy atom. The van der Waals surface area contributed by atoms with Crippen molar-refractivity contribution in [1.29, 1.82) is 0 Å². The van der Waals surface area contributed by atoms with Gasteiger partial charge in [0.2, 0.25) is 0 Å². The van der Waals surface area contributed by atoms with E-state index in [1.54, 1.807) is 24.3 Å². The van der Waals surface area contributed by atoms with Gasteiger partial charge in [-0.25, -0.2) is 4.39 Å². The van der Waals surface area contributed by atoms with Gasteiger partial charge in [0.25, 0.3) is 5.91 Å². The molecule has 1 amide bonds. The summed E-state index contributed by atoms with van der Waals surface area (Å²) in [4.78, 5) is 12.1. The molecule has 1 heterocycles. The third-order valence-corrected chi connectivity index (χ3v) is 4.10. The SMILES string of the molecule is Cc1ccc(CNc2ccc(C(=O)NCCc3ccc(F)cc3)nn2)cc1. The van der Waals surface area contributed by atoms with Crippen molar-refractivity contribution in [3.05, 3.63) is 88.9 Å². The van der Waals surface area contributed by atoms with Gasteiger partial charge < -0.3 is 10.6 Å². The number of hydrogen-bond donors (Lipinski definition) is 2. The highest BCUT2D eigenvalue weighted by atomic mass is 19.1. The Morgan fingerprint density at radius 1 is 0.926 bits per heavy atom. The summed E-state index contributed by atoms with van der Waals surface area (Å²) < 4.78 is 12.9. The van der Waals surface area contributed by atoms with E-state index >= 15 is 0 Å². The molecule has 0 spiro atoms. The van der Waals surface area contributed by atoms with Gasteiger partial charge >= 0.3 is 0 Å². The lowest BCUT2D eigenvalue weighted by Gasteiger charge is -2.07. The van der Waals surface area contributed by atoms with Crippen LogP contribution in [0.2, 0.25) is 0 Å². The summed E-state index contributed by atoms with van der Waals surface area (Å²) in [6.07, 6.45) is 0.621. The molecular formula is C21H21FN4O. The maximum Gasteiger partial charge on any atom is 0.271 e. The summed E-state index contributed by atoms with van der Waals surface area (Å²) >= 11 is 0. The van der Waals surface area contributed by atoms with Gasteiger partial charge in [0.15, 0.2) is 5.69 Å². The van der Waals surface area contributed by atoms with Crippen molar-refractivity contribution in [1.82, 2.24) is 15.5 Å². The standard InChI is InChI=1S/C21H21FN4O/c1-15-2-4-17(5-3-15)14-24-20-11-10-19(25-26-20)21(27)23-13-12-16-6-8-18(22)9-7-16/h2-11H,12-14H2,1H3,(H,23,27)(H,24,26). The molecular weight excluding hydrogens is 343 g/mol. The van der Waals surface area contributed by atoms with Crippen LogP contribution in [0.25, 0.3) is 0 Å². The van der Waals surface area contributed by atoms with Crippen LogP contribution in [0.3, 0.4) is 0 Å². The fourth-order valence-electron chi connectivity index (χ4n) is 2.51. The van der Waals surface area contributed by atoms with Gasteiger partial charge in [-0.3, -0.25) is 4.79 Å². The Balaban J connectivity index is 1.46. The number of rotatable bonds is 7. The number of nitrogens with zero attached hydrogens (tertiary/aromatic N) is 2. The van der Waals surface area contributed by atoms with Gasteiger partial charge in [-0.2, -0.15) is 0 Å². The Labute approximate surface area is 157 Å². The van der Waals surface area contributed by atoms with Crippen LogP contribution in [0.4, 0.5) is 10.2 Å². The summed E-state index contributed by atoms with van der Waals surface area (Å²) in [7, 11) is 0. The normalized spacial score (nSPS) is 10.4. The third-order valence-electron chi connectivity index (χ3n) is 4.10. The third kappa shape index (κ3) is 5.60. The van der Waals surface area contributed by atoms with Crippen LogP contribution in [0, 0.1) is 12.7 Å². The first-order chi connectivity index (χ1) is 13.1. The van der Waals surface area contributed by atoms with Crippen LogP contribution in [0.5, 0.6) is 0 Å². The van der Waals surface area contributed by atoms with E-state index in [4.69, 9.17) is 0 Å². The lowest BCUT2D eigenvalue weighted by Crippen LogP contribution is -2.26. The lowest BCUT2D eigenvalue weighted by molar-refractivity contribution is 0.0948. The van der Waals surface area contributed by atoms with Gasteiger partial charge in [-0.05, 0) is 48.7 Å². The summed E-state index contributed by atoms with van der Waals surface area (Å²) in [5, 5.41) is 14.0. The fraction of sp³-hybridized carbons (Fsp3) is 0.190. The van der Waals surface area contributed by atoms with Crippen molar-refractivity contribution in [2.75, 3.05) is 11.9 Å². The Kier molecular flexibility index (Phi) is 6.10. The molecule has 0 unspecified atom stereocenters. The van der Waals surface area contributed by atoms with Gasteiger partial charge in [0.1, 0.15) is 11.6 Å². The second kappa shape index (κ2) is 8.89. The lowest BCUT2D eigenvalue weighted by atomic mass is 10.1. The number of carbonyl (C=O) groups excluding carboxylic acids is 1. The highest BCUT2D eigenvalue weighted by Crippen LogP contribution is 2.08. The molecule has 5 nitrogen and oxygen atoms in total.